The zero-order valence-electron chi connectivity index (χ0n) is 14.6. The maximum absolute atomic E-state index is 12.3. The van der Waals surface area contributed by atoms with E-state index in [0.29, 0.717) is 24.3 Å². The van der Waals surface area contributed by atoms with Crippen molar-refractivity contribution >= 4 is 11.9 Å². The van der Waals surface area contributed by atoms with E-state index in [9.17, 15) is 14.7 Å². The van der Waals surface area contributed by atoms with Gasteiger partial charge in [0.1, 0.15) is 0 Å². The van der Waals surface area contributed by atoms with Crippen molar-refractivity contribution in [3.63, 3.8) is 0 Å². The van der Waals surface area contributed by atoms with Gasteiger partial charge in [-0.05, 0) is 49.9 Å². The van der Waals surface area contributed by atoms with Gasteiger partial charge in [0.2, 0.25) is 5.91 Å². The minimum atomic E-state index is -0.879. The number of ether oxygens (including phenoxy) is 2. The number of nitrogens with one attached hydrogen (secondary N) is 1. The van der Waals surface area contributed by atoms with Crippen molar-refractivity contribution in [2.45, 2.75) is 45.6 Å². The number of carbonyl (C=O) groups excluding carboxylic acids is 1. The molecule has 1 aliphatic carbocycles. The minimum Gasteiger partial charge on any atom is -0.493 e. The fourth-order valence-electron chi connectivity index (χ4n) is 3.21. The normalized spacial score (nSPS) is 16.7. The number of hydrogen-bond donors (Lipinski definition) is 2. The van der Waals surface area contributed by atoms with E-state index in [1.165, 1.54) is 0 Å². The van der Waals surface area contributed by atoms with Crippen LogP contribution in [-0.2, 0) is 9.59 Å². The first-order chi connectivity index (χ1) is 11.3. The lowest BCUT2D eigenvalue weighted by atomic mass is 9.66. The van der Waals surface area contributed by atoms with E-state index in [2.05, 4.69) is 5.32 Å². The fourth-order valence-corrected chi connectivity index (χ4v) is 3.21. The van der Waals surface area contributed by atoms with Gasteiger partial charge in [-0.1, -0.05) is 6.42 Å². The van der Waals surface area contributed by atoms with Crippen LogP contribution < -0.4 is 14.8 Å². The summed E-state index contributed by atoms with van der Waals surface area (Å²) in [5.41, 5.74) is 1.01. The van der Waals surface area contributed by atoms with E-state index >= 15 is 0 Å². The number of methoxy groups -OCH3 is 2. The Bertz CT molecular complexity index is 637. The molecule has 1 aromatic rings. The average molecular weight is 335 g/mol. The number of amides is 1. The molecule has 0 radical (unpaired) electrons. The van der Waals surface area contributed by atoms with Crippen molar-refractivity contribution in [1.82, 2.24) is 5.32 Å². The van der Waals surface area contributed by atoms with Crippen molar-refractivity contribution in [3.8, 4) is 11.5 Å². The zero-order chi connectivity index (χ0) is 17.9. The molecule has 0 bridgehead atoms. The molecular weight excluding hydrogens is 310 g/mol. The quantitative estimate of drug-likeness (QED) is 0.800. The number of carboxylic acids is 1. The Morgan fingerprint density at radius 2 is 1.83 bits per heavy atom. The summed E-state index contributed by atoms with van der Waals surface area (Å²) in [6.07, 6.45) is 2.03. The Balaban J connectivity index is 2.10. The maximum atomic E-state index is 12.3. The molecule has 2 N–H and O–H groups in total. The van der Waals surface area contributed by atoms with Gasteiger partial charge >= 0.3 is 5.97 Å². The summed E-state index contributed by atoms with van der Waals surface area (Å²) in [6.45, 7) is 3.81. The number of carbonyl (C=O) groups is 2. The van der Waals surface area contributed by atoms with E-state index in [4.69, 9.17) is 9.47 Å². The predicted octanol–water partition coefficient (Wildman–Crippen LogP) is 2.83. The molecule has 0 heterocycles. The van der Waals surface area contributed by atoms with Crippen LogP contribution in [0, 0.1) is 12.3 Å². The summed E-state index contributed by atoms with van der Waals surface area (Å²) in [7, 11) is 3.14. The number of carboxylic acid groups (broad SMARTS) is 1. The molecule has 6 nitrogen and oxygen atoms in total. The van der Waals surface area contributed by atoms with Gasteiger partial charge in [0, 0.05) is 6.42 Å². The largest absolute Gasteiger partial charge is 0.493 e. The molecule has 1 aliphatic rings. The van der Waals surface area contributed by atoms with Gasteiger partial charge in [-0.25, -0.2) is 0 Å². The SMILES string of the molecule is COc1cc(C)c(C(C)NC(=O)CC2(C(=O)O)CCC2)cc1OC. The molecule has 6 heteroatoms. The molecule has 1 saturated carbocycles. The van der Waals surface area contributed by atoms with Gasteiger partial charge in [-0.3, -0.25) is 9.59 Å². The van der Waals surface area contributed by atoms with E-state index in [0.717, 1.165) is 17.5 Å². The molecule has 0 aliphatic heterocycles. The Kier molecular flexibility index (Phi) is 5.36. The molecule has 24 heavy (non-hydrogen) atoms. The van der Waals surface area contributed by atoms with Crippen LogP contribution in [0.15, 0.2) is 12.1 Å². The summed E-state index contributed by atoms with van der Waals surface area (Å²) in [4.78, 5) is 23.7. The summed E-state index contributed by atoms with van der Waals surface area (Å²) in [6, 6.07) is 3.46. The third kappa shape index (κ3) is 3.47. The molecule has 1 atom stereocenters. The molecule has 1 unspecified atom stereocenters. The molecule has 0 aromatic heterocycles. The first-order valence-corrected chi connectivity index (χ1v) is 8.08. The molecule has 0 saturated heterocycles. The summed E-state index contributed by atoms with van der Waals surface area (Å²) in [5, 5.41) is 12.2. The van der Waals surface area contributed by atoms with Crippen LogP contribution in [0.2, 0.25) is 0 Å². The van der Waals surface area contributed by atoms with E-state index in [1.807, 2.05) is 26.0 Å². The zero-order valence-corrected chi connectivity index (χ0v) is 14.6. The second-order valence-electron chi connectivity index (χ2n) is 6.47. The van der Waals surface area contributed by atoms with Crippen molar-refractivity contribution in [3.05, 3.63) is 23.3 Å². The van der Waals surface area contributed by atoms with Gasteiger partial charge in [-0.15, -0.1) is 0 Å². The molecule has 1 aromatic carbocycles. The number of hydrogen-bond acceptors (Lipinski definition) is 4. The molecule has 2 rings (SSSR count). The van der Waals surface area contributed by atoms with Crippen LogP contribution in [0.3, 0.4) is 0 Å². The van der Waals surface area contributed by atoms with E-state index in [-0.39, 0.29) is 18.4 Å². The number of rotatable bonds is 7. The lowest BCUT2D eigenvalue weighted by molar-refractivity contribution is -0.157. The highest BCUT2D eigenvalue weighted by atomic mass is 16.5. The van der Waals surface area contributed by atoms with Gasteiger partial charge in [0.25, 0.3) is 0 Å². The molecule has 132 valence electrons. The topological polar surface area (TPSA) is 84.9 Å². The third-order valence-electron chi connectivity index (χ3n) is 4.88. The van der Waals surface area contributed by atoms with Crippen molar-refractivity contribution < 1.29 is 24.2 Å². The van der Waals surface area contributed by atoms with Gasteiger partial charge in [0.05, 0.1) is 25.7 Å². The van der Waals surface area contributed by atoms with Crippen LogP contribution in [0.25, 0.3) is 0 Å². The number of benzene rings is 1. The second kappa shape index (κ2) is 7.11. The Morgan fingerprint density at radius 1 is 1.25 bits per heavy atom. The van der Waals surface area contributed by atoms with E-state index in [1.54, 1.807) is 14.2 Å². The van der Waals surface area contributed by atoms with Crippen LogP contribution in [0.4, 0.5) is 0 Å². The summed E-state index contributed by atoms with van der Waals surface area (Å²) in [5.74, 6) is 0.120. The summed E-state index contributed by atoms with van der Waals surface area (Å²) >= 11 is 0. The van der Waals surface area contributed by atoms with Crippen molar-refractivity contribution in [1.29, 1.82) is 0 Å². The standard InChI is InChI=1S/C18H25NO5/c1-11-8-14(23-3)15(24-4)9-13(11)12(2)19-16(20)10-18(17(21)22)6-5-7-18/h8-9,12H,5-7,10H2,1-4H3,(H,19,20)(H,21,22). The maximum Gasteiger partial charge on any atom is 0.310 e. The molecular formula is C18H25NO5. The average Bonchev–Trinajstić information content (AvgIpc) is 2.49. The first kappa shape index (κ1) is 18.1. The lowest BCUT2D eigenvalue weighted by Gasteiger charge is -2.37. The first-order valence-electron chi connectivity index (χ1n) is 8.08. The Morgan fingerprint density at radius 3 is 2.29 bits per heavy atom. The van der Waals surface area contributed by atoms with Crippen LogP contribution >= 0.6 is 0 Å². The number of aliphatic carboxylic acids is 1. The van der Waals surface area contributed by atoms with Gasteiger partial charge in [-0.2, -0.15) is 0 Å². The predicted molar refractivity (Wildman–Crippen MR) is 89.4 cm³/mol. The molecule has 1 fully saturated rings. The van der Waals surface area contributed by atoms with Gasteiger partial charge in [0.15, 0.2) is 11.5 Å². The monoisotopic (exact) mass is 335 g/mol. The van der Waals surface area contributed by atoms with Crippen LogP contribution in [0.1, 0.15) is 49.8 Å². The smallest absolute Gasteiger partial charge is 0.310 e. The summed E-state index contributed by atoms with van der Waals surface area (Å²) < 4.78 is 10.6. The lowest BCUT2D eigenvalue weighted by Crippen LogP contribution is -2.43. The minimum absolute atomic E-state index is 0.0268. The number of aryl methyl sites for hydroxylation is 1. The second-order valence-corrected chi connectivity index (χ2v) is 6.47. The Hall–Kier alpha value is -2.24. The van der Waals surface area contributed by atoms with Crippen LogP contribution in [-0.4, -0.2) is 31.2 Å². The van der Waals surface area contributed by atoms with Crippen molar-refractivity contribution in [2.75, 3.05) is 14.2 Å². The highest BCUT2D eigenvalue weighted by Crippen LogP contribution is 2.44. The van der Waals surface area contributed by atoms with E-state index < -0.39 is 11.4 Å². The fraction of sp³-hybridized carbons (Fsp3) is 0.556. The molecule has 0 spiro atoms. The van der Waals surface area contributed by atoms with Crippen molar-refractivity contribution in [2.24, 2.45) is 5.41 Å². The van der Waals surface area contributed by atoms with Gasteiger partial charge < -0.3 is 19.9 Å². The third-order valence-corrected chi connectivity index (χ3v) is 4.88. The molecule has 1 amide bonds. The highest BCUT2D eigenvalue weighted by molar-refractivity contribution is 5.85. The van der Waals surface area contributed by atoms with Crippen LogP contribution in [0.5, 0.6) is 11.5 Å². The Labute approximate surface area is 142 Å². The highest BCUT2D eigenvalue weighted by Gasteiger charge is 2.46.